The zero-order valence-corrected chi connectivity index (χ0v) is 21.0. The zero-order chi connectivity index (χ0) is 25.6. The molecule has 194 valence electrons. The molecule has 9 heteroatoms. The van der Waals surface area contributed by atoms with Crippen molar-refractivity contribution < 1.29 is 19.4 Å². The van der Waals surface area contributed by atoms with Crippen molar-refractivity contribution in [1.82, 2.24) is 14.9 Å². The topological polar surface area (TPSA) is 100 Å². The van der Waals surface area contributed by atoms with Crippen LogP contribution in [0, 0.1) is 0 Å². The van der Waals surface area contributed by atoms with E-state index in [0.717, 1.165) is 67.5 Å². The second kappa shape index (κ2) is 11.8. The first-order chi connectivity index (χ1) is 18.1. The number of benzene rings is 2. The number of anilines is 2. The van der Waals surface area contributed by atoms with E-state index in [-0.39, 0.29) is 24.7 Å². The van der Waals surface area contributed by atoms with E-state index in [1.54, 1.807) is 12.4 Å². The molecule has 2 N–H and O–H groups in total. The first-order valence-electron chi connectivity index (χ1n) is 12.7. The van der Waals surface area contributed by atoms with Gasteiger partial charge in [-0.25, -0.2) is 9.97 Å². The summed E-state index contributed by atoms with van der Waals surface area (Å²) in [4.78, 5) is 24.8. The number of carbonyl (C=O) groups excluding carboxylic acids is 1. The van der Waals surface area contributed by atoms with Gasteiger partial charge in [0, 0.05) is 69.7 Å². The maximum atomic E-state index is 11.4. The van der Waals surface area contributed by atoms with E-state index in [9.17, 15) is 9.90 Å². The standard InChI is InChI=1S/C28H33N5O4/c1-20(35)31-24-9-7-23(8-10-24)27-36-25(17-26(37-27)22-5-3-21(19-34)4-6-22)18-32-13-15-33(16-14-32)28-29-11-2-12-30-28/h2-12,25-27,34H,13-19H2,1H3,(H,31,35)/t25-,26+,27+/m1/s1. The second-order valence-electron chi connectivity index (χ2n) is 9.49. The van der Waals surface area contributed by atoms with Crippen LogP contribution in [0.3, 0.4) is 0 Å². The van der Waals surface area contributed by atoms with Crippen LogP contribution < -0.4 is 10.2 Å². The van der Waals surface area contributed by atoms with E-state index in [1.807, 2.05) is 54.6 Å². The summed E-state index contributed by atoms with van der Waals surface area (Å²) in [5.74, 6) is 0.668. The molecule has 0 bridgehead atoms. The van der Waals surface area contributed by atoms with Crippen molar-refractivity contribution in [2.75, 3.05) is 42.9 Å². The second-order valence-corrected chi connectivity index (χ2v) is 9.49. The Balaban J connectivity index is 1.28. The van der Waals surface area contributed by atoms with E-state index >= 15 is 0 Å². The number of nitrogens with one attached hydrogen (secondary N) is 1. The van der Waals surface area contributed by atoms with E-state index in [4.69, 9.17) is 9.47 Å². The molecule has 9 nitrogen and oxygen atoms in total. The third-order valence-corrected chi connectivity index (χ3v) is 6.79. The van der Waals surface area contributed by atoms with Crippen LogP contribution in [0.25, 0.3) is 0 Å². The molecule has 0 unspecified atom stereocenters. The average molecular weight is 504 g/mol. The van der Waals surface area contributed by atoms with Crippen molar-refractivity contribution in [2.45, 2.75) is 38.4 Å². The molecule has 3 aromatic rings. The van der Waals surface area contributed by atoms with E-state index < -0.39 is 6.29 Å². The number of aromatic nitrogens is 2. The third-order valence-electron chi connectivity index (χ3n) is 6.79. The molecule has 0 spiro atoms. The molecule has 2 aromatic carbocycles. The number of nitrogens with zero attached hydrogens (tertiary/aromatic N) is 4. The van der Waals surface area contributed by atoms with Crippen molar-refractivity contribution in [3.05, 3.63) is 83.7 Å². The minimum Gasteiger partial charge on any atom is -0.392 e. The van der Waals surface area contributed by atoms with Crippen molar-refractivity contribution in [1.29, 1.82) is 0 Å². The Bertz CT molecular complexity index is 1150. The van der Waals surface area contributed by atoms with Crippen LogP contribution in [-0.2, 0) is 20.9 Å². The lowest BCUT2D eigenvalue weighted by Crippen LogP contribution is -2.50. The normalized spacial score (nSPS) is 22.5. The monoisotopic (exact) mass is 503 g/mol. The minimum atomic E-state index is -0.522. The van der Waals surface area contributed by atoms with Crippen LogP contribution >= 0.6 is 0 Å². The van der Waals surface area contributed by atoms with Crippen LogP contribution in [0.4, 0.5) is 11.6 Å². The van der Waals surface area contributed by atoms with Crippen LogP contribution in [0.2, 0.25) is 0 Å². The fourth-order valence-electron chi connectivity index (χ4n) is 4.83. The van der Waals surface area contributed by atoms with Gasteiger partial charge >= 0.3 is 0 Å². The van der Waals surface area contributed by atoms with Gasteiger partial charge in [0.25, 0.3) is 0 Å². The van der Waals surface area contributed by atoms with Gasteiger partial charge in [-0.2, -0.15) is 0 Å². The highest BCUT2D eigenvalue weighted by molar-refractivity contribution is 5.88. The summed E-state index contributed by atoms with van der Waals surface area (Å²) in [6.07, 6.45) is 3.62. The Labute approximate surface area is 217 Å². The summed E-state index contributed by atoms with van der Waals surface area (Å²) in [6.45, 7) is 5.86. The van der Waals surface area contributed by atoms with Gasteiger partial charge in [0.15, 0.2) is 6.29 Å². The van der Waals surface area contributed by atoms with Crippen molar-refractivity contribution in [3.63, 3.8) is 0 Å². The molecule has 3 heterocycles. The molecular weight excluding hydrogens is 470 g/mol. The van der Waals surface area contributed by atoms with Gasteiger partial charge in [-0.15, -0.1) is 0 Å². The highest BCUT2D eigenvalue weighted by Gasteiger charge is 2.34. The number of piperazine rings is 1. The summed E-state index contributed by atoms with van der Waals surface area (Å²) < 4.78 is 12.9. The average Bonchev–Trinajstić information content (AvgIpc) is 2.94. The first-order valence-corrected chi connectivity index (χ1v) is 12.7. The fraction of sp³-hybridized carbons (Fsp3) is 0.393. The van der Waals surface area contributed by atoms with Gasteiger partial charge < -0.3 is 24.8 Å². The zero-order valence-electron chi connectivity index (χ0n) is 21.0. The molecule has 2 saturated heterocycles. The summed E-state index contributed by atoms with van der Waals surface area (Å²) >= 11 is 0. The van der Waals surface area contributed by atoms with E-state index in [1.165, 1.54) is 6.92 Å². The maximum absolute atomic E-state index is 11.4. The highest BCUT2D eigenvalue weighted by atomic mass is 16.7. The first kappa shape index (κ1) is 25.3. The van der Waals surface area contributed by atoms with Gasteiger partial charge in [-0.1, -0.05) is 36.4 Å². The Morgan fingerprint density at radius 3 is 2.30 bits per heavy atom. The van der Waals surface area contributed by atoms with Gasteiger partial charge in [0.2, 0.25) is 11.9 Å². The molecule has 0 radical (unpaired) electrons. The number of ether oxygens (including phenoxy) is 2. The molecule has 37 heavy (non-hydrogen) atoms. The lowest BCUT2D eigenvalue weighted by Gasteiger charge is -2.40. The molecule has 2 fully saturated rings. The van der Waals surface area contributed by atoms with E-state index in [0.29, 0.717) is 0 Å². The predicted octanol–water partition coefficient (Wildman–Crippen LogP) is 3.29. The fourth-order valence-corrected chi connectivity index (χ4v) is 4.83. The lowest BCUT2D eigenvalue weighted by atomic mass is 9.99. The van der Waals surface area contributed by atoms with Crippen LogP contribution in [0.15, 0.2) is 67.0 Å². The van der Waals surface area contributed by atoms with Crippen molar-refractivity contribution in [3.8, 4) is 0 Å². The van der Waals surface area contributed by atoms with Gasteiger partial charge in [-0.05, 0) is 29.3 Å². The smallest absolute Gasteiger partial charge is 0.225 e. The number of rotatable bonds is 7. The molecule has 3 atom stereocenters. The Kier molecular flexibility index (Phi) is 8.05. The summed E-state index contributed by atoms with van der Waals surface area (Å²) in [5.41, 5.74) is 3.58. The summed E-state index contributed by atoms with van der Waals surface area (Å²) in [5, 5.41) is 12.2. The van der Waals surface area contributed by atoms with Crippen molar-refractivity contribution >= 4 is 17.5 Å². The number of amides is 1. The largest absolute Gasteiger partial charge is 0.392 e. The highest BCUT2D eigenvalue weighted by Crippen LogP contribution is 2.38. The molecule has 1 aromatic heterocycles. The molecule has 1 amide bonds. The van der Waals surface area contributed by atoms with Gasteiger partial charge in [-0.3, -0.25) is 9.69 Å². The molecule has 5 rings (SSSR count). The third kappa shape index (κ3) is 6.50. The predicted molar refractivity (Wildman–Crippen MR) is 140 cm³/mol. The molecule has 0 aliphatic carbocycles. The Morgan fingerprint density at radius 1 is 0.973 bits per heavy atom. The number of aliphatic hydroxyl groups is 1. The van der Waals surface area contributed by atoms with Crippen LogP contribution in [0.1, 0.15) is 42.4 Å². The summed E-state index contributed by atoms with van der Waals surface area (Å²) in [7, 11) is 0. The Morgan fingerprint density at radius 2 is 1.65 bits per heavy atom. The lowest BCUT2D eigenvalue weighted by molar-refractivity contribution is -0.253. The van der Waals surface area contributed by atoms with E-state index in [2.05, 4.69) is 25.1 Å². The van der Waals surface area contributed by atoms with Crippen molar-refractivity contribution in [2.24, 2.45) is 0 Å². The maximum Gasteiger partial charge on any atom is 0.225 e. The number of hydrogen-bond acceptors (Lipinski definition) is 8. The van der Waals surface area contributed by atoms with Crippen LogP contribution in [-0.4, -0.2) is 64.7 Å². The Hall–Kier alpha value is -3.37. The quantitative estimate of drug-likeness (QED) is 0.507. The number of carbonyl (C=O) groups is 1. The molecule has 2 aliphatic rings. The van der Waals surface area contributed by atoms with Crippen LogP contribution in [0.5, 0.6) is 0 Å². The van der Waals surface area contributed by atoms with Gasteiger partial charge in [0.1, 0.15) is 0 Å². The summed E-state index contributed by atoms with van der Waals surface area (Å²) in [6, 6.07) is 17.3. The minimum absolute atomic E-state index is 0.0147. The number of hydrogen-bond donors (Lipinski definition) is 2. The molecular formula is C28H33N5O4. The van der Waals surface area contributed by atoms with Gasteiger partial charge in [0.05, 0.1) is 18.8 Å². The number of aliphatic hydroxyl groups excluding tert-OH is 1. The molecule has 0 saturated carbocycles. The SMILES string of the molecule is CC(=O)Nc1ccc([C@H]2O[C@@H](CN3CCN(c4ncccn4)CC3)C[C@@H](c3ccc(CO)cc3)O2)cc1. The molecule has 2 aliphatic heterocycles.